The number of carbonyl (C=O) groups excluding carboxylic acids is 2. The average Bonchev–Trinajstić information content (AvgIpc) is 3.42. The summed E-state index contributed by atoms with van der Waals surface area (Å²) in [6.45, 7) is 1.22. The van der Waals surface area contributed by atoms with Gasteiger partial charge in [0.25, 0.3) is 5.91 Å². The van der Waals surface area contributed by atoms with Crippen LogP contribution >= 0.6 is 23.4 Å². The second kappa shape index (κ2) is 8.41. The van der Waals surface area contributed by atoms with Crippen molar-refractivity contribution in [1.82, 2.24) is 10.3 Å². The average molecular weight is 498 g/mol. The molecule has 14 heteroatoms. The zero-order valence-electron chi connectivity index (χ0n) is 16.4. The van der Waals surface area contributed by atoms with Gasteiger partial charge in [-0.05, 0) is 52.4 Å². The summed E-state index contributed by atoms with van der Waals surface area (Å²) in [6, 6.07) is 6.27. The van der Waals surface area contributed by atoms with E-state index in [1.165, 1.54) is 31.2 Å². The van der Waals surface area contributed by atoms with Crippen molar-refractivity contribution in [2.45, 2.75) is 13.1 Å². The largest absolute Gasteiger partial charge is 0.457 e. The molecule has 2 amide bonds. The quantitative estimate of drug-likeness (QED) is 0.485. The van der Waals surface area contributed by atoms with Gasteiger partial charge in [-0.25, -0.2) is 9.53 Å². The standard InChI is InChI=1S/C19H11ClF3N5O4S/c1-8(29)25-15-16(27-32-26-15)28-17(30)14(33-18(28)24)7-10-3-5-13(31-10)9-2-4-12(20)11(6-9)19(21,22)23/h2-7,24H,1H3,(H,25,26,29)/b14-7-,24-18?. The number of alkyl halides is 3. The molecule has 9 nitrogen and oxygen atoms in total. The number of nitrogens with one attached hydrogen (secondary N) is 2. The number of aromatic nitrogens is 2. The molecular weight excluding hydrogens is 487 g/mol. The smallest absolute Gasteiger partial charge is 0.417 e. The Morgan fingerprint density at radius 1 is 1.27 bits per heavy atom. The predicted octanol–water partition coefficient (Wildman–Crippen LogP) is 5.02. The third-order valence-electron chi connectivity index (χ3n) is 4.26. The van der Waals surface area contributed by atoms with Gasteiger partial charge in [-0.1, -0.05) is 11.6 Å². The van der Waals surface area contributed by atoms with Crippen molar-refractivity contribution in [3.8, 4) is 11.3 Å². The summed E-state index contributed by atoms with van der Waals surface area (Å²) in [5.74, 6) is -1.15. The van der Waals surface area contributed by atoms with Gasteiger partial charge in [0, 0.05) is 18.6 Å². The lowest BCUT2D eigenvalue weighted by Gasteiger charge is -2.10. The highest BCUT2D eigenvalue weighted by atomic mass is 35.5. The lowest BCUT2D eigenvalue weighted by Crippen LogP contribution is -2.29. The second-order valence-electron chi connectivity index (χ2n) is 6.57. The van der Waals surface area contributed by atoms with Crippen LogP contribution in [0.3, 0.4) is 0 Å². The molecular formula is C19H11ClF3N5O4S. The Labute approximate surface area is 192 Å². The number of nitrogens with zero attached hydrogens (tertiary/aromatic N) is 3. The van der Waals surface area contributed by atoms with Crippen LogP contribution < -0.4 is 10.2 Å². The summed E-state index contributed by atoms with van der Waals surface area (Å²) in [5, 5.41) is 16.8. The molecule has 0 atom stereocenters. The third-order valence-corrected chi connectivity index (χ3v) is 5.48. The lowest BCUT2D eigenvalue weighted by molar-refractivity contribution is -0.137. The molecule has 0 unspecified atom stereocenters. The molecule has 0 saturated carbocycles. The molecule has 33 heavy (non-hydrogen) atoms. The van der Waals surface area contributed by atoms with E-state index in [1.807, 2.05) is 0 Å². The van der Waals surface area contributed by atoms with Crippen molar-refractivity contribution >= 4 is 58.1 Å². The number of halogens is 4. The summed E-state index contributed by atoms with van der Waals surface area (Å²) in [5.41, 5.74) is -0.857. The first-order valence-corrected chi connectivity index (χ1v) is 10.1. The Morgan fingerprint density at radius 2 is 2.03 bits per heavy atom. The number of benzene rings is 1. The molecule has 0 radical (unpaired) electrons. The minimum absolute atomic E-state index is 0.0739. The summed E-state index contributed by atoms with van der Waals surface area (Å²) in [4.78, 5) is 25.1. The molecule has 1 aliphatic rings. The fourth-order valence-corrected chi connectivity index (χ4v) is 3.91. The van der Waals surface area contributed by atoms with Crippen LogP contribution in [0.1, 0.15) is 18.2 Å². The van der Waals surface area contributed by atoms with Crippen LogP contribution in [0.5, 0.6) is 0 Å². The zero-order chi connectivity index (χ0) is 23.9. The molecule has 1 aliphatic heterocycles. The summed E-state index contributed by atoms with van der Waals surface area (Å²) >= 11 is 6.43. The maximum atomic E-state index is 13.1. The fraction of sp³-hybridized carbons (Fsp3) is 0.105. The molecule has 1 saturated heterocycles. The summed E-state index contributed by atoms with van der Waals surface area (Å²) < 4.78 is 49.5. The minimum atomic E-state index is -4.63. The van der Waals surface area contributed by atoms with Crippen molar-refractivity contribution in [3.05, 3.63) is 51.6 Å². The van der Waals surface area contributed by atoms with E-state index in [0.717, 1.165) is 28.8 Å². The fourth-order valence-electron chi connectivity index (χ4n) is 2.87. The van der Waals surface area contributed by atoms with E-state index in [4.69, 9.17) is 21.4 Å². The van der Waals surface area contributed by atoms with E-state index in [1.54, 1.807) is 0 Å². The molecule has 2 N–H and O–H groups in total. The zero-order valence-corrected chi connectivity index (χ0v) is 17.9. The van der Waals surface area contributed by atoms with Crippen LogP contribution in [0.4, 0.5) is 24.8 Å². The van der Waals surface area contributed by atoms with E-state index < -0.39 is 28.6 Å². The Balaban J connectivity index is 1.61. The van der Waals surface area contributed by atoms with Gasteiger partial charge in [0.2, 0.25) is 17.5 Å². The highest BCUT2D eigenvalue weighted by molar-refractivity contribution is 8.19. The van der Waals surface area contributed by atoms with Crippen LogP contribution in [0.15, 0.2) is 44.3 Å². The van der Waals surface area contributed by atoms with Gasteiger partial charge in [-0.2, -0.15) is 13.2 Å². The normalized spacial score (nSPS) is 15.5. The van der Waals surface area contributed by atoms with E-state index in [9.17, 15) is 22.8 Å². The van der Waals surface area contributed by atoms with Crippen molar-refractivity contribution in [2.24, 2.45) is 0 Å². The number of amides is 2. The monoisotopic (exact) mass is 497 g/mol. The van der Waals surface area contributed by atoms with Gasteiger partial charge in [-0.3, -0.25) is 15.0 Å². The van der Waals surface area contributed by atoms with Gasteiger partial charge in [0.1, 0.15) is 11.5 Å². The van der Waals surface area contributed by atoms with Crippen molar-refractivity contribution in [2.75, 3.05) is 10.2 Å². The third kappa shape index (κ3) is 4.50. The molecule has 3 aromatic rings. The van der Waals surface area contributed by atoms with E-state index in [0.29, 0.717) is 0 Å². The minimum Gasteiger partial charge on any atom is -0.457 e. The number of furan rings is 1. The number of amidine groups is 1. The first-order chi connectivity index (χ1) is 15.5. The molecule has 1 aromatic carbocycles. The second-order valence-corrected chi connectivity index (χ2v) is 8.01. The number of hydrogen-bond acceptors (Lipinski definition) is 8. The van der Waals surface area contributed by atoms with Crippen LogP contribution in [-0.4, -0.2) is 27.3 Å². The summed E-state index contributed by atoms with van der Waals surface area (Å²) in [7, 11) is 0. The van der Waals surface area contributed by atoms with E-state index in [2.05, 4.69) is 20.3 Å². The molecule has 1 fully saturated rings. The van der Waals surface area contributed by atoms with Crippen LogP contribution in [0.2, 0.25) is 5.02 Å². The van der Waals surface area contributed by atoms with Crippen molar-refractivity contribution in [3.63, 3.8) is 0 Å². The highest BCUT2D eigenvalue weighted by Gasteiger charge is 2.38. The van der Waals surface area contributed by atoms with E-state index in [-0.39, 0.29) is 38.8 Å². The van der Waals surface area contributed by atoms with Crippen molar-refractivity contribution < 1.29 is 31.8 Å². The van der Waals surface area contributed by atoms with Gasteiger partial charge in [0.05, 0.1) is 15.5 Å². The van der Waals surface area contributed by atoms with E-state index >= 15 is 0 Å². The van der Waals surface area contributed by atoms with Gasteiger partial charge >= 0.3 is 6.18 Å². The van der Waals surface area contributed by atoms with Gasteiger partial charge in [0.15, 0.2) is 5.17 Å². The maximum absolute atomic E-state index is 13.1. The number of anilines is 2. The first kappa shape index (κ1) is 22.6. The molecule has 2 aromatic heterocycles. The maximum Gasteiger partial charge on any atom is 0.417 e. The topological polar surface area (TPSA) is 125 Å². The lowest BCUT2D eigenvalue weighted by atomic mass is 10.1. The molecule has 3 heterocycles. The molecule has 0 aliphatic carbocycles. The first-order valence-electron chi connectivity index (χ1n) is 8.94. The molecule has 0 spiro atoms. The number of carbonyl (C=O) groups is 2. The SMILES string of the molecule is CC(=O)Nc1nonc1N1C(=N)S/C(=C\c2ccc(-c3ccc(Cl)c(C(F)(F)F)c3)o2)C1=O. The van der Waals surface area contributed by atoms with Gasteiger partial charge < -0.3 is 9.73 Å². The highest BCUT2D eigenvalue weighted by Crippen LogP contribution is 2.39. The van der Waals surface area contributed by atoms with Crippen LogP contribution in [0.25, 0.3) is 17.4 Å². The Morgan fingerprint density at radius 3 is 2.73 bits per heavy atom. The number of hydrogen-bond donors (Lipinski definition) is 2. The Bertz CT molecular complexity index is 1320. The summed E-state index contributed by atoms with van der Waals surface area (Å²) in [6.07, 6.45) is -3.30. The van der Waals surface area contributed by atoms with Crippen LogP contribution in [0, 0.1) is 5.41 Å². The molecule has 170 valence electrons. The molecule has 0 bridgehead atoms. The predicted molar refractivity (Wildman–Crippen MR) is 114 cm³/mol. The molecule has 4 rings (SSSR count). The van der Waals surface area contributed by atoms with Gasteiger partial charge in [-0.15, -0.1) is 0 Å². The van der Waals surface area contributed by atoms with Crippen molar-refractivity contribution in [1.29, 1.82) is 5.41 Å². The number of rotatable bonds is 4. The van der Waals surface area contributed by atoms with Crippen LogP contribution in [-0.2, 0) is 15.8 Å². The Kier molecular flexibility index (Phi) is 5.76. The number of thioether (sulfide) groups is 1. The Hall–Kier alpha value is -3.58.